The minimum Gasteiger partial charge on any atom is -0.352 e. The molecule has 29 heavy (non-hydrogen) atoms. The van der Waals surface area contributed by atoms with Crippen molar-refractivity contribution in [2.24, 2.45) is 10.9 Å². The Morgan fingerprint density at radius 2 is 2.07 bits per heavy atom. The van der Waals surface area contributed by atoms with Crippen LogP contribution in [0.1, 0.15) is 49.7 Å². The van der Waals surface area contributed by atoms with E-state index in [9.17, 15) is 9.18 Å². The minimum atomic E-state index is -0.355. The van der Waals surface area contributed by atoms with Crippen molar-refractivity contribution >= 4 is 35.8 Å². The third-order valence-electron chi connectivity index (χ3n) is 5.64. The van der Waals surface area contributed by atoms with E-state index in [1.165, 1.54) is 24.6 Å². The monoisotopic (exact) mass is 513 g/mol. The van der Waals surface area contributed by atoms with Gasteiger partial charge in [0.1, 0.15) is 5.82 Å². The molecule has 8 heteroatoms. The third kappa shape index (κ3) is 6.29. The first-order chi connectivity index (χ1) is 13.6. The number of amides is 1. The largest absolute Gasteiger partial charge is 0.352 e. The van der Waals surface area contributed by atoms with Crippen LogP contribution in [0, 0.1) is 23.1 Å². The van der Waals surface area contributed by atoms with Crippen molar-refractivity contribution in [3.8, 4) is 6.07 Å². The van der Waals surface area contributed by atoms with Gasteiger partial charge in [-0.25, -0.2) is 4.39 Å². The molecule has 0 radical (unpaired) electrons. The van der Waals surface area contributed by atoms with Crippen molar-refractivity contribution in [1.82, 2.24) is 15.5 Å². The van der Waals surface area contributed by atoms with Gasteiger partial charge in [-0.2, -0.15) is 5.26 Å². The van der Waals surface area contributed by atoms with E-state index in [0.717, 1.165) is 38.6 Å². The summed E-state index contributed by atoms with van der Waals surface area (Å²) in [5.74, 6) is 0.702. The second kappa shape index (κ2) is 11.3. The molecule has 1 aliphatic carbocycles. The van der Waals surface area contributed by atoms with Crippen LogP contribution >= 0.6 is 24.0 Å². The van der Waals surface area contributed by atoms with Crippen LogP contribution < -0.4 is 10.6 Å². The predicted molar refractivity (Wildman–Crippen MR) is 121 cm³/mol. The lowest BCUT2D eigenvalue weighted by Crippen LogP contribution is -2.45. The van der Waals surface area contributed by atoms with Gasteiger partial charge in [0.25, 0.3) is 0 Å². The van der Waals surface area contributed by atoms with Gasteiger partial charge in [0.05, 0.1) is 11.6 Å². The quantitative estimate of drug-likeness (QED) is 0.369. The molecule has 1 saturated carbocycles. The van der Waals surface area contributed by atoms with Crippen molar-refractivity contribution in [1.29, 1.82) is 5.26 Å². The molecule has 0 bridgehead atoms. The summed E-state index contributed by atoms with van der Waals surface area (Å²) in [6.45, 7) is 1.68. The van der Waals surface area contributed by atoms with Gasteiger partial charge in [0, 0.05) is 44.2 Å². The Morgan fingerprint density at radius 3 is 2.76 bits per heavy atom. The lowest BCUT2D eigenvalue weighted by atomic mass is 9.88. The summed E-state index contributed by atoms with van der Waals surface area (Å²) >= 11 is 0. The van der Waals surface area contributed by atoms with E-state index in [4.69, 9.17) is 5.26 Å². The number of hydrogen-bond donors (Lipinski definition) is 2. The van der Waals surface area contributed by atoms with Crippen LogP contribution in [-0.4, -0.2) is 42.9 Å². The molecule has 2 N–H and O–H groups in total. The normalized spacial score (nSPS) is 20.0. The first-order valence-electron chi connectivity index (χ1n) is 10.0. The summed E-state index contributed by atoms with van der Waals surface area (Å²) in [5.41, 5.74) is 0.844. The SMILES string of the molecule is CN=C(NCc1cc(C#N)ccc1F)NC1CCN(C(=O)C2CCCCC2)C1.I. The number of aliphatic imine (C=N–C) groups is 1. The predicted octanol–water partition coefficient (Wildman–Crippen LogP) is 3.16. The van der Waals surface area contributed by atoms with E-state index in [1.54, 1.807) is 7.05 Å². The fraction of sp³-hybridized carbons (Fsp3) is 0.571. The summed E-state index contributed by atoms with van der Waals surface area (Å²) in [6.07, 6.45) is 6.47. The van der Waals surface area contributed by atoms with Crippen LogP contribution in [0.2, 0.25) is 0 Å². The number of nitrogens with zero attached hydrogens (tertiary/aromatic N) is 3. The lowest BCUT2D eigenvalue weighted by Gasteiger charge is -2.26. The molecule has 1 unspecified atom stereocenters. The number of nitriles is 1. The Bertz CT molecular complexity index is 773. The Hall–Kier alpha value is -1.89. The van der Waals surface area contributed by atoms with Gasteiger partial charge < -0.3 is 15.5 Å². The van der Waals surface area contributed by atoms with Gasteiger partial charge in [-0.3, -0.25) is 9.79 Å². The number of benzene rings is 1. The summed E-state index contributed by atoms with van der Waals surface area (Å²) in [5, 5.41) is 15.4. The topological polar surface area (TPSA) is 80.5 Å². The first-order valence-corrected chi connectivity index (χ1v) is 10.0. The lowest BCUT2D eigenvalue weighted by molar-refractivity contribution is -0.135. The Morgan fingerprint density at radius 1 is 1.31 bits per heavy atom. The maximum atomic E-state index is 13.9. The number of carbonyl (C=O) groups is 1. The van der Waals surface area contributed by atoms with Crippen LogP contribution in [0.25, 0.3) is 0 Å². The van der Waals surface area contributed by atoms with Gasteiger partial charge in [0.15, 0.2) is 5.96 Å². The molecule has 1 aromatic rings. The zero-order valence-corrected chi connectivity index (χ0v) is 19.1. The molecule has 1 aromatic carbocycles. The van der Waals surface area contributed by atoms with E-state index < -0.39 is 0 Å². The fourth-order valence-electron chi connectivity index (χ4n) is 4.03. The highest BCUT2D eigenvalue weighted by Gasteiger charge is 2.31. The highest BCUT2D eigenvalue weighted by molar-refractivity contribution is 14.0. The number of carbonyl (C=O) groups excluding carboxylic acids is 1. The summed E-state index contributed by atoms with van der Waals surface area (Å²) in [7, 11) is 1.66. The van der Waals surface area contributed by atoms with Crippen LogP contribution in [0.4, 0.5) is 4.39 Å². The second-order valence-electron chi connectivity index (χ2n) is 7.59. The molecule has 1 aliphatic heterocycles. The molecule has 1 atom stereocenters. The summed E-state index contributed by atoms with van der Waals surface area (Å²) in [4.78, 5) is 18.9. The molecule has 0 aromatic heterocycles. The Balaban J connectivity index is 0.00000300. The van der Waals surface area contributed by atoms with Crippen molar-refractivity contribution < 1.29 is 9.18 Å². The van der Waals surface area contributed by atoms with Gasteiger partial charge in [-0.05, 0) is 37.5 Å². The molecule has 1 saturated heterocycles. The highest BCUT2D eigenvalue weighted by Crippen LogP contribution is 2.26. The van der Waals surface area contributed by atoms with E-state index in [0.29, 0.717) is 29.5 Å². The summed E-state index contributed by atoms with van der Waals surface area (Å²) < 4.78 is 13.9. The molecule has 6 nitrogen and oxygen atoms in total. The van der Waals surface area contributed by atoms with E-state index in [2.05, 4.69) is 15.6 Å². The summed E-state index contributed by atoms with van der Waals surface area (Å²) in [6, 6.07) is 6.45. The van der Waals surface area contributed by atoms with Crippen molar-refractivity contribution in [2.75, 3.05) is 20.1 Å². The molecule has 3 rings (SSSR count). The zero-order chi connectivity index (χ0) is 19.9. The number of halogens is 2. The number of likely N-dealkylation sites (tertiary alicyclic amines) is 1. The highest BCUT2D eigenvalue weighted by atomic mass is 127. The van der Waals surface area contributed by atoms with E-state index in [-0.39, 0.29) is 48.3 Å². The van der Waals surface area contributed by atoms with Gasteiger partial charge in [-0.15, -0.1) is 24.0 Å². The maximum Gasteiger partial charge on any atom is 0.225 e. The Labute approximate surface area is 189 Å². The van der Waals surface area contributed by atoms with Crippen LogP contribution in [0.3, 0.4) is 0 Å². The van der Waals surface area contributed by atoms with Gasteiger partial charge in [-0.1, -0.05) is 19.3 Å². The average Bonchev–Trinajstić information content (AvgIpc) is 3.20. The Kier molecular flexibility index (Phi) is 9.14. The molecule has 2 fully saturated rings. The minimum absolute atomic E-state index is 0. The number of nitrogens with one attached hydrogen (secondary N) is 2. The van der Waals surface area contributed by atoms with Crippen LogP contribution in [-0.2, 0) is 11.3 Å². The maximum absolute atomic E-state index is 13.9. The fourth-order valence-corrected chi connectivity index (χ4v) is 4.03. The number of hydrogen-bond acceptors (Lipinski definition) is 3. The third-order valence-corrected chi connectivity index (χ3v) is 5.64. The second-order valence-corrected chi connectivity index (χ2v) is 7.59. The number of rotatable bonds is 4. The van der Waals surface area contributed by atoms with E-state index in [1.807, 2.05) is 11.0 Å². The molecule has 158 valence electrons. The molecule has 1 amide bonds. The van der Waals surface area contributed by atoms with Gasteiger partial charge >= 0.3 is 0 Å². The van der Waals surface area contributed by atoms with Crippen LogP contribution in [0.15, 0.2) is 23.2 Å². The van der Waals surface area contributed by atoms with Crippen molar-refractivity contribution in [3.63, 3.8) is 0 Å². The molecule has 1 heterocycles. The van der Waals surface area contributed by atoms with E-state index >= 15 is 0 Å². The molecular weight excluding hydrogens is 484 g/mol. The smallest absolute Gasteiger partial charge is 0.225 e. The first kappa shape index (κ1) is 23.4. The number of guanidine groups is 1. The van der Waals surface area contributed by atoms with Crippen LogP contribution in [0.5, 0.6) is 0 Å². The molecular formula is C21H29FIN5O. The molecule has 0 spiro atoms. The zero-order valence-electron chi connectivity index (χ0n) is 16.8. The van der Waals surface area contributed by atoms with Crippen molar-refractivity contribution in [2.45, 2.75) is 51.1 Å². The average molecular weight is 513 g/mol. The standard InChI is InChI=1S/C21H28FN5O.HI/c1-24-21(25-13-17-11-15(12-23)7-8-19(17)22)26-18-9-10-27(14-18)20(28)16-5-3-2-4-6-16;/h7-8,11,16,18H,2-6,9-10,13-14H2,1H3,(H2,24,25,26);1H. The van der Waals surface area contributed by atoms with Crippen molar-refractivity contribution in [3.05, 3.63) is 35.1 Å². The molecule has 2 aliphatic rings. The van der Waals surface area contributed by atoms with Gasteiger partial charge in [0.2, 0.25) is 5.91 Å².